The normalized spacial score (nSPS) is 12.2. The molecule has 6 nitrogen and oxygen atoms in total. The fourth-order valence-electron chi connectivity index (χ4n) is 0.814. The van der Waals surface area contributed by atoms with Crippen LogP contribution in [0.5, 0.6) is 0 Å². The lowest BCUT2D eigenvalue weighted by Crippen LogP contribution is -2.30. The number of rotatable bonds is 7. The maximum absolute atomic E-state index is 10.2. The summed E-state index contributed by atoms with van der Waals surface area (Å²) in [5, 5.41) is 17.6. The second-order valence-electron chi connectivity index (χ2n) is 2.71. The highest BCUT2D eigenvalue weighted by Crippen LogP contribution is 1.99. The number of carboxylic acid groups (broad SMARTS) is 1. The van der Waals surface area contributed by atoms with E-state index < -0.39 is 12.0 Å². The molecule has 0 unspecified atom stereocenters. The molecule has 0 fully saturated rings. The van der Waals surface area contributed by atoms with Crippen molar-refractivity contribution < 1.29 is 19.9 Å². The van der Waals surface area contributed by atoms with Gasteiger partial charge in [-0.05, 0) is 19.3 Å². The molecule has 0 aromatic rings. The Balaban J connectivity index is 3.35. The molecular formula is C7H14N2O4. The van der Waals surface area contributed by atoms with Crippen molar-refractivity contribution in [2.45, 2.75) is 25.3 Å². The van der Waals surface area contributed by atoms with Crippen molar-refractivity contribution in [1.29, 1.82) is 0 Å². The zero-order chi connectivity index (χ0) is 10.3. The highest BCUT2D eigenvalue weighted by molar-refractivity contribution is 5.72. The van der Waals surface area contributed by atoms with Gasteiger partial charge < -0.3 is 10.8 Å². The number of hydroxylamine groups is 2. The van der Waals surface area contributed by atoms with Crippen LogP contribution >= 0.6 is 0 Å². The zero-order valence-electron chi connectivity index (χ0n) is 7.22. The molecule has 0 saturated heterocycles. The Kier molecular flexibility index (Phi) is 5.82. The molecule has 0 aliphatic heterocycles. The van der Waals surface area contributed by atoms with Crippen molar-refractivity contribution in [3.05, 3.63) is 0 Å². The van der Waals surface area contributed by atoms with Gasteiger partial charge in [-0.15, -0.1) is 0 Å². The van der Waals surface area contributed by atoms with E-state index in [1.165, 1.54) is 0 Å². The van der Waals surface area contributed by atoms with Gasteiger partial charge in [0.15, 0.2) is 0 Å². The molecule has 0 spiro atoms. The fraction of sp³-hybridized carbons (Fsp3) is 0.714. The van der Waals surface area contributed by atoms with Crippen LogP contribution in [-0.2, 0) is 9.59 Å². The highest BCUT2D eigenvalue weighted by atomic mass is 16.5. The average Bonchev–Trinajstić information content (AvgIpc) is 2.11. The summed E-state index contributed by atoms with van der Waals surface area (Å²) in [5.41, 5.74) is 5.22. The molecule has 1 amide bonds. The molecule has 0 saturated carbocycles. The number of aliphatic carboxylic acids is 1. The summed E-state index contributed by atoms with van der Waals surface area (Å²) < 4.78 is 0. The number of carboxylic acids is 1. The summed E-state index contributed by atoms with van der Waals surface area (Å²) in [5.74, 6) is -1.03. The summed E-state index contributed by atoms with van der Waals surface area (Å²) in [6.45, 7) is 0.204. The molecule has 4 N–H and O–H groups in total. The van der Waals surface area contributed by atoms with Crippen LogP contribution in [0.2, 0.25) is 0 Å². The molecule has 13 heavy (non-hydrogen) atoms. The summed E-state index contributed by atoms with van der Waals surface area (Å²) in [7, 11) is 0. The van der Waals surface area contributed by atoms with E-state index >= 15 is 0 Å². The third-order valence-corrected chi connectivity index (χ3v) is 1.59. The third kappa shape index (κ3) is 6.06. The molecular weight excluding hydrogens is 176 g/mol. The molecule has 0 rings (SSSR count). The lowest BCUT2D eigenvalue weighted by molar-refractivity contribution is -0.150. The molecule has 0 aliphatic rings. The van der Waals surface area contributed by atoms with Gasteiger partial charge in [-0.2, -0.15) is 0 Å². The molecule has 0 aromatic heterocycles. The number of hydrogen-bond acceptors (Lipinski definition) is 4. The average molecular weight is 190 g/mol. The van der Waals surface area contributed by atoms with Gasteiger partial charge in [0.05, 0.1) is 0 Å². The van der Waals surface area contributed by atoms with E-state index in [-0.39, 0.29) is 6.54 Å². The van der Waals surface area contributed by atoms with Crippen LogP contribution in [0.3, 0.4) is 0 Å². The summed E-state index contributed by atoms with van der Waals surface area (Å²) in [6.07, 6.45) is 1.76. The van der Waals surface area contributed by atoms with Crippen LogP contribution in [0.4, 0.5) is 0 Å². The lowest BCUT2D eigenvalue weighted by Gasteiger charge is -2.08. The van der Waals surface area contributed by atoms with Crippen LogP contribution in [0.15, 0.2) is 0 Å². The molecule has 0 heterocycles. The van der Waals surface area contributed by atoms with E-state index in [0.29, 0.717) is 30.7 Å². The van der Waals surface area contributed by atoms with E-state index in [0.717, 1.165) is 0 Å². The molecule has 0 aliphatic carbocycles. The number of nitrogens with two attached hydrogens (primary N) is 1. The van der Waals surface area contributed by atoms with Crippen LogP contribution in [0, 0.1) is 0 Å². The van der Waals surface area contributed by atoms with Crippen LogP contribution in [0.1, 0.15) is 19.3 Å². The second kappa shape index (κ2) is 6.38. The lowest BCUT2D eigenvalue weighted by atomic mass is 10.1. The number of hydrogen-bond donors (Lipinski definition) is 3. The molecule has 0 radical (unpaired) electrons. The molecule has 0 bridgehead atoms. The van der Waals surface area contributed by atoms with Gasteiger partial charge in [0.25, 0.3) is 0 Å². The second-order valence-corrected chi connectivity index (χ2v) is 2.71. The first-order chi connectivity index (χ1) is 6.07. The van der Waals surface area contributed by atoms with Gasteiger partial charge in [-0.1, -0.05) is 0 Å². The van der Waals surface area contributed by atoms with E-state index in [1.54, 1.807) is 0 Å². The number of unbranched alkanes of at least 4 members (excludes halogenated alkanes) is 1. The van der Waals surface area contributed by atoms with Crippen molar-refractivity contribution in [2.75, 3.05) is 6.54 Å². The number of carbonyl (C=O) groups excluding carboxylic acids is 1. The maximum Gasteiger partial charge on any atom is 0.320 e. The quantitative estimate of drug-likeness (QED) is 0.215. The Bertz CT molecular complexity index is 174. The van der Waals surface area contributed by atoms with Crippen molar-refractivity contribution in [2.24, 2.45) is 5.73 Å². The third-order valence-electron chi connectivity index (χ3n) is 1.59. The van der Waals surface area contributed by atoms with E-state index in [2.05, 4.69) is 0 Å². The monoisotopic (exact) mass is 190 g/mol. The molecule has 0 aromatic carbocycles. The van der Waals surface area contributed by atoms with Crippen LogP contribution in [0.25, 0.3) is 0 Å². The maximum atomic E-state index is 10.2. The van der Waals surface area contributed by atoms with Crippen molar-refractivity contribution in [3.8, 4) is 0 Å². The Morgan fingerprint density at radius 2 is 2.15 bits per heavy atom. The standard InChI is InChI=1S/C7H14N2O4/c8-6(7(11)12)3-1-2-4-9(13)5-10/h5-6,13H,1-4,8H2,(H,11,12)/t6-/m0/s1. The minimum Gasteiger partial charge on any atom is -0.480 e. The van der Waals surface area contributed by atoms with Gasteiger partial charge in [0.1, 0.15) is 6.04 Å². The SMILES string of the molecule is N[C@@H](CCCCN(O)C=O)C(=O)O. The predicted molar refractivity (Wildman–Crippen MR) is 44.0 cm³/mol. The summed E-state index contributed by atoms with van der Waals surface area (Å²) in [6, 6.07) is -0.858. The first-order valence-corrected chi connectivity index (χ1v) is 3.97. The molecule has 1 atom stereocenters. The van der Waals surface area contributed by atoms with Crippen LogP contribution < -0.4 is 5.73 Å². The molecule has 6 heteroatoms. The Hall–Kier alpha value is -1.14. The first kappa shape index (κ1) is 11.9. The zero-order valence-corrected chi connectivity index (χ0v) is 7.22. The fourth-order valence-corrected chi connectivity index (χ4v) is 0.814. The largest absolute Gasteiger partial charge is 0.480 e. The van der Waals surface area contributed by atoms with Gasteiger partial charge in [-0.3, -0.25) is 14.8 Å². The number of carbonyl (C=O) groups is 2. The van der Waals surface area contributed by atoms with Crippen LogP contribution in [-0.4, -0.2) is 40.3 Å². The summed E-state index contributed by atoms with van der Waals surface area (Å²) in [4.78, 5) is 20.1. The predicted octanol–water partition coefficient (Wildman–Crippen LogP) is -0.584. The van der Waals surface area contributed by atoms with E-state index in [1.807, 2.05) is 0 Å². The van der Waals surface area contributed by atoms with Gasteiger partial charge in [0, 0.05) is 6.54 Å². The Morgan fingerprint density at radius 3 is 2.62 bits per heavy atom. The Morgan fingerprint density at radius 1 is 1.54 bits per heavy atom. The van der Waals surface area contributed by atoms with Gasteiger partial charge in [0.2, 0.25) is 6.41 Å². The van der Waals surface area contributed by atoms with Crippen molar-refractivity contribution in [3.63, 3.8) is 0 Å². The van der Waals surface area contributed by atoms with Crippen molar-refractivity contribution in [1.82, 2.24) is 5.06 Å². The molecule has 76 valence electrons. The first-order valence-electron chi connectivity index (χ1n) is 3.97. The van der Waals surface area contributed by atoms with E-state index in [9.17, 15) is 9.59 Å². The minimum absolute atomic E-state index is 0.204. The number of amides is 1. The number of nitrogens with zero attached hydrogens (tertiary/aromatic N) is 1. The topological polar surface area (TPSA) is 104 Å². The summed E-state index contributed by atoms with van der Waals surface area (Å²) >= 11 is 0. The smallest absolute Gasteiger partial charge is 0.320 e. The van der Waals surface area contributed by atoms with Gasteiger partial charge in [-0.25, -0.2) is 5.06 Å². The highest BCUT2D eigenvalue weighted by Gasteiger charge is 2.10. The van der Waals surface area contributed by atoms with E-state index in [4.69, 9.17) is 16.0 Å². The minimum atomic E-state index is -1.03. The van der Waals surface area contributed by atoms with Crippen molar-refractivity contribution >= 4 is 12.4 Å². The van der Waals surface area contributed by atoms with Gasteiger partial charge >= 0.3 is 5.97 Å². The Labute approximate surface area is 75.9 Å².